The Bertz CT molecular complexity index is 861. The lowest BCUT2D eigenvalue weighted by Crippen LogP contribution is -2.13. The highest BCUT2D eigenvalue weighted by molar-refractivity contribution is 7.94. The first-order valence-corrected chi connectivity index (χ1v) is 9.24. The number of nitrogens with zero attached hydrogens (tertiary/aromatic N) is 2. The van der Waals surface area contributed by atoms with Gasteiger partial charge in [-0.25, -0.2) is 13.4 Å². The first kappa shape index (κ1) is 15.5. The highest BCUT2D eigenvalue weighted by Gasteiger charge is 2.15. The van der Waals surface area contributed by atoms with Gasteiger partial charge in [0.05, 0.1) is 11.9 Å². The van der Waals surface area contributed by atoms with Crippen LogP contribution in [0.15, 0.2) is 70.4 Å². The minimum absolute atomic E-state index is 0.281. The Morgan fingerprint density at radius 1 is 1.04 bits per heavy atom. The smallest absolute Gasteiger partial charge is 0.271 e. The van der Waals surface area contributed by atoms with Crippen molar-refractivity contribution in [1.82, 2.24) is 4.98 Å². The second-order valence-electron chi connectivity index (χ2n) is 4.84. The van der Waals surface area contributed by atoms with E-state index in [2.05, 4.69) is 9.71 Å². The normalized spacial score (nSPS) is 11.2. The summed E-state index contributed by atoms with van der Waals surface area (Å²) in [6.45, 7) is 0. The predicted octanol–water partition coefficient (Wildman–Crippen LogP) is 3.71. The second-order valence-corrected chi connectivity index (χ2v) is 7.69. The maximum Gasteiger partial charge on any atom is 0.271 e. The van der Waals surface area contributed by atoms with Crippen molar-refractivity contribution in [3.8, 4) is 0 Å². The first-order chi connectivity index (χ1) is 11.1. The van der Waals surface area contributed by atoms with Gasteiger partial charge >= 0.3 is 0 Å². The van der Waals surface area contributed by atoms with Crippen LogP contribution in [0.4, 0.5) is 17.2 Å². The van der Waals surface area contributed by atoms with Crippen molar-refractivity contribution in [3.63, 3.8) is 0 Å². The third-order valence-corrected chi connectivity index (χ3v) is 6.03. The molecule has 2 heterocycles. The maximum atomic E-state index is 12.2. The van der Waals surface area contributed by atoms with Gasteiger partial charge in [0, 0.05) is 12.7 Å². The van der Waals surface area contributed by atoms with E-state index in [9.17, 15) is 8.42 Å². The van der Waals surface area contributed by atoms with Gasteiger partial charge < -0.3 is 4.90 Å². The number of pyridine rings is 1. The lowest BCUT2D eigenvalue weighted by molar-refractivity contribution is 0.603. The van der Waals surface area contributed by atoms with Gasteiger partial charge in [0.2, 0.25) is 0 Å². The van der Waals surface area contributed by atoms with E-state index in [4.69, 9.17) is 0 Å². The molecule has 0 bridgehead atoms. The molecule has 0 unspecified atom stereocenters. The number of para-hydroxylation sites is 1. The fraction of sp³-hybridized carbons (Fsp3) is 0.0625. The van der Waals surface area contributed by atoms with Crippen molar-refractivity contribution in [2.75, 3.05) is 16.7 Å². The quantitative estimate of drug-likeness (QED) is 0.766. The van der Waals surface area contributed by atoms with E-state index < -0.39 is 10.0 Å². The SMILES string of the molecule is CN(c1ccccc1)c1ccc(NS(=O)(=O)c2cccs2)cn1. The summed E-state index contributed by atoms with van der Waals surface area (Å²) in [5.41, 5.74) is 1.44. The van der Waals surface area contributed by atoms with Crippen LogP contribution in [0.1, 0.15) is 0 Å². The summed E-state index contributed by atoms with van der Waals surface area (Å²) in [5, 5.41) is 1.73. The minimum atomic E-state index is -3.54. The Balaban J connectivity index is 1.78. The van der Waals surface area contributed by atoms with Crippen LogP contribution < -0.4 is 9.62 Å². The van der Waals surface area contributed by atoms with Gasteiger partial charge in [-0.05, 0) is 35.7 Å². The summed E-state index contributed by atoms with van der Waals surface area (Å²) >= 11 is 1.18. The zero-order valence-electron chi connectivity index (χ0n) is 12.4. The Kier molecular flexibility index (Phi) is 4.31. The van der Waals surface area contributed by atoms with Gasteiger partial charge in [-0.2, -0.15) is 0 Å². The summed E-state index contributed by atoms with van der Waals surface area (Å²) in [4.78, 5) is 6.25. The van der Waals surface area contributed by atoms with Gasteiger partial charge in [-0.3, -0.25) is 4.72 Å². The monoisotopic (exact) mass is 345 g/mol. The summed E-state index contributed by atoms with van der Waals surface area (Å²) in [5.74, 6) is 0.732. The van der Waals surface area contributed by atoms with E-state index in [1.54, 1.807) is 29.6 Å². The number of sulfonamides is 1. The number of thiophene rings is 1. The van der Waals surface area contributed by atoms with Crippen molar-refractivity contribution >= 4 is 38.6 Å². The topological polar surface area (TPSA) is 62.3 Å². The van der Waals surface area contributed by atoms with Crippen molar-refractivity contribution < 1.29 is 8.42 Å². The van der Waals surface area contributed by atoms with Gasteiger partial charge in [0.1, 0.15) is 10.0 Å². The van der Waals surface area contributed by atoms with Crippen molar-refractivity contribution in [2.45, 2.75) is 4.21 Å². The van der Waals surface area contributed by atoms with Gasteiger partial charge in [0.25, 0.3) is 10.0 Å². The molecule has 0 fully saturated rings. The van der Waals surface area contributed by atoms with E-state index in [1.807, 2.05) is 42.3 Å². The van der Waals surface area contributed by atoms with Gasteiger partial charge in [0.15, 0.2) is 0 Å². The van der Waals surface area contributed by atoms with E-state index in [-0.39, 0.29) is 4.21 Å². The average molecular weight is 345 g/mol. The number of rotatable bonds is 5. The third kappa shape index (κ3) is 3.52. The van der Waals surface area contributed by atoms with E-state index in [0.717, 1.165) is 11.5 Å². The van der Waals surface area contributed by atoms with Crippen molar-refractivity contribution in [1.29, 1.82) is 0 Å². The fourth-order valence-electron chi connectivity index (χ4n) is 2.05. The molecule has 118 valence electrons. The average Bonchev–Trinajstić information content (AvgIpc) is 3.11. The highest BCUT2D eigenvalue weighted by Crippen LogP contribution is 2.24. The van der Waals surface area contributed by atoms with Crippen LogP contribution in [0.2, 0.25) is 0 Å². The van der Waals surface area contributed by atoms with Crippen LogP contribution >= 0.6 is 11.3 Å². The molecule has 1 N–H and O–H groups in total. The largest absolute Gasteiger partial charge is 0.329 e. The molecular weight excluding hydrogens is 330 g/mol. The van der Waals surface area contributed by atoms with Crippen LogP contribution in [-0.2, 0) is 10.0 Å². The summed E-state index contributed by atoms with van der Waals surface area (Å²) in [6.07, 6.45) is 1.51. The maximum absolute atomic E-state index is 12.2. The zero-order valence-corrected chi connectivity index (χ0v) is 14.0. The predicted molar refractivity (Wildman–Crippen MR) is 93.9 cm³/mol. The molecule has 3 rings (SSSR count). The third-order valence-electron chi connectivity index (χ3n) is 3.25. The molecule has 0 amide bonds. The molecule has 0 saturated heterocycles. The Morgan fingerprint density at radius 3 is 2.43 bits per heavy atom. The molecule has 2 aromatic heterocycles. The molecule has 5 nitrogen and oxygen atoms in total. The number of aromatic nitrogens is 1. The highest BCUT2D eigenvalue weighted by atomic mass is 32.2. The number of benzene rings is 1. The molecule has 0 aliphatic rings. The van der Waals surface area contributed by atoms with Gasteiger partial charge in [-0.15, -0.1) is 11.3 Å². The molecule has 1 aromatic carbocycles. The summed E-state index contributed by atoms with van der Waals surface area (Å²) in [6, 6.07) is 16.6. The number of anilines is 3. The summed E-state index contributed by atoms with van der Waals surface area (Å²) < 4.78 is 27.1. The Labute approximate surface area is 139 Å². The van der Waals surface area contributed by atoms with Crippen LogP contribution in [0, 0.1) is 0 Å². The second kappa shape index (κ2) is 6.39. The lowest BCUT2D eigenvalue weighted by Gasteiger charge is -2.18. The lowest BCUT2D eigenvalue weighted by atomic mass is 10.3. The molecule has 7 heteroatoms. The molecule has 23 heavy (non-hydrogen) atoms. The first-order valence-electron chi connectivity index (χ1n) is 6.87. The van der Waals surface area contributed by atoms with Crippen molar-refractivity contribution in [3.05, 3.63) is 66.2 Å². The molecule has 0 spiro atoms. The van der Waals surface area contributed by atoms with Crippen LogP contribution in [-0.4, -0.2) is 20.4 Å². The molecule has 0 radical (unpaired) electrons. The molecule has 0 saturated carbocycles. The number of hydrogen-bond acceptors (Lipinski definition) is 5. The Morgan fingerprint density at radius 2 is 1.83 bits per heavy atom. The molecular formula is C16H15N3O2S2. The fourth-order valence-corrected chi connectivity index (χ4v) is 4.09. The minimum Gasteiger partial charge on any atom is -0.329 e. The standard InChI is InChI=1S/C16H15N3O2S2/c1-19(14-6-3-2-4-7-14)15-10-9-13(12-17-15)18-23(20,21)16-8-5-11-22-16/h2-12,18H,1H3. The van der Waals surface area contributed by atoms with Crippen LogP contribution in [0.25, 0.3) is 0 Å². The van der Waals surface area contributed by atoms with Crippen LogP contribution in [0.3, 0.4) is 0 Å². The van der Waals surface area contributed by atoms with E-state index >= 15 is 0 Å². The van der Waals surface area contributed by atoms with E-state index in [1.165, 1.54) is 17.5 Å². The zero-order chi connectivity index (χ0) is 16.3. The van der Waals surface area contributed by atoms with Crippen LogP contribution in [0.5, 0.6) is 0 Å². The number of nitrogens with one attached hydrogen (secondary N) is 1. The molecule has 0 atom stereocenters. The molecule has 0 aliphatic carbocycles. The van der Waals surface area contributed by atoms with Gasteiger partial charge in [-0.1, -0.05) is 24.3 Å². The molecule has 0 aliphatic heterocycles. The van der Waals surface area contributed by atoms with Crippen molar-refractivity contribution in [2.24, 2.45) is 0 Å². The Hall–Kier alpha value is -2.38. The number of hydrogen-bond donors (Lipinski definition) is 1. The summed E-state index contributed by atoms with van der Waals surface area (Å²) in [7, 11) is -1.63. The molecule has 3 aromatic rings. The van der Waals surface area contributed by atoms with E-state index in [0.29, 0.717) is 5.69 Å².